The van der Waals surface area contributed by atoms with E-state index >= 15 is 0 Å². The molecular formula is C5H15N2O6P. The van der Waals surface area contributed by atoms with Crippen LogP contribution in [0.3, 0.4) is 0 Å². The van der Waals surface area contributed by atoms with Crippen molar-refractivity contribution in [1.29, 1.82) is 0 Å². The van der Waals surface area contributed by atoms with Gasteiger partial charge in [0.2, 0.25) is 0 Å². The topological polar surface area (TPSA) is 167 Å². The third-order valence-corrected chi connectivity index (χ3v) is 1.04. The van der Waals surface area contributed by atoms with E-state index < -0.39 is 19.8 Å². The molecule has 0 aromatic rings. The first-order valence-electron chi connectivity index (χ1n) is 3.65. The lowest BCUT2D eigenvalue weighted by atomic mass is 10.2. The van der Waals surface area contributed by atoms with E-state index in [2.05, 4.69) is 0 Å². The van der Waals surface area contributed by atoms with Crippen molar-refractivity contribution in [1.82, 2.24) is 0 Å². The van der Waals surface area contributed by atoms with Crippen LogP contribution in [0.15, 0.2) is 0 Å². The monoisotopic (exact) mass is 230 g/mol. The van der Waals surface area contributed by atoms with Crippen LogP contribution < -0.4 is 11.5 Å². The van der Waals surface area contributed by atoms with Crippen molar-refractivity contribution in [3.8, 4) is 0 Å². The predicted octanol–water partition coefficient (Wildman–Crippen LogP) is -1.79. The fourth-order valence-corrected chi connectivity index (χ4v) is 0.461. The standard InChI is InChI=1S/C5H12N2O2.H3O4P/c6-3-1-2-4(7)5(8)9;1-5(2,3)4/h4H,1-3,6-7H2,(H,8,9);(H3,1,2,3,4). The largest absolute Gasteiger partial charge is 0.480 e. The molecule has 1 unspecified atom stereocenters. The first-order valence-corrected chi connectivity index (χ1v) is 5.21. The van der Waals surface area contributed by atoms with Gasteiger partial charge in [0.25, 0.3) is 0 Å². The zero-order chi connectivity index (χ0) is 11.8. The number of rotatable bonds is 4. The van der Waals surface area contributed by atoms with E-state index in [4.69, 9.17) is 35.8 Å². The van der Waals surface area contributed by atoms with Crippen molar-refractivity contribution in [2.45, 2.75) is 18.9 Å². The van der Waals surface area contributed by atoms with Crippen molar-refractivity contribution < 1.29 is 29.1 Å². The van der Waals surface area contributed by atoms with Gasteiger partial charge in [-0.05, 0) is 19.4 Å². The van der Waals surface area contributed by atoms with Crippen molar-refractivity contribution in [3.05, 3.63) is 0 Å². The van der Waals surface area contributed by atoms with Crippen LogP contribution in [0.2, 0.25) is 0 Å². The molecule has 0 radical (unpaired) electrons. The molecule has 0 aromatic heterocycles. The quantitative estimate of drug-likeness (QED) is 0.308. The first kappa shape index (κ1) is 15.9. The van der Waals surface area contributed by atoms with Gasteiger partial charge in [-0.15, -0.1) is 0 Å². The molecule has 0 fully saturated rings. The van der Waals surface area contributed by atoms with Crippen molar-refractivity contribution in [3.63, 3.8) is 0 Å². The Labute approximate surface area is 80.8 Å². The molecule has 0 aliphatic heterocycles. The number of nitrogens with two attached hydrogens (primary N) is 2. The van der Waals surface area contributed by atoms with Gasteiger partial charge in [-0.25, -0.2) is 4.57 Å². The van der Waals surface area contributed by atoms with E-state index in [1.165, 1.54) is 0 Å². The van der Waals surface area contributed by atoms with Crippen LogP contribution in [0.25, 0.3) is 0 Å². The minimum atomic E-state index is -4.64. The summed E-state index contributed by atoms with van der Waals surface area (Å²) in [7, 11) is -4.64. The van der Waals surface area contributed by atoms with Crippen molar-refractivity contribution >= 4 is 13.8 Å². The number of carboxylic acid groups (broad SMARTS) is 1. The normalized spacial score (nSPS) is 12.6. The number of carbonyl (C=O) groups is 1. The summed E-state index contributed by atoms with van der Waals surface area (Å²) in [5.74, 6) is -0.955. The second-order valence-electron chi connectivity index (χ2n) is 2.39. The van der Waals surface area contributed by atoms with E-state index in [1.54, 1.807) is 0 Å². The summed E-state index contributed by atoms with van der Waals surface area (Å²) in [6.45, 7) is 0.501. The first-order chi connectivity index (χ1) is 6.18. The molecule has 0 bridgehead atoms. The van der Waals surface area contributed by atoms with Crippen molar-refractivity contribution in [2.75, 3.05) is 6.54 Å². The number of carboxylic acids is 1. The highest BCUT2D eigenvalue weighted by Gasteiger charge is 2.08. The van der Waals surface area contributed by atoms with Crippen LogP contribution >= 0.6 is 7.82 Å². The summed E-state index contributed by atoms with van der Waals surface area (Å²) < 4.78 is 8.88. The lowest BCUT2D eigenvalue weighted by molar-refractivity contribution is -0.138. The molecule has 9 heteroatoms. The Hall–Kier alpha value is -0.500. The molecule has 0 saturated heterocycles. The predicted molar refractivity (Wildman–Crippen MR) is 48.2 cm³/mol. The minimum absolute atomic E-state index is 0.464. The van der Waals surface area contributed by atoms with E-state index in [9.17, 15) is 4.79 Å². The van der Waals surface area contributed by atoms with Crippen LogP contribution in [0.4, 0.5) is 0 Å². The molecule has 86 valence electrons. The van der Waals surface area contributed by atoms with Gasteiger partial charge in [-0.1, -0.05) is 0 Å². The Balaban J connectivity index is 0. The van der Waals surface area contributed by atoms with Gasteiger partial charge in [0, 0.05) is 0 Å². The van der Waals surface area contributed by atoms with E-state index in [0.29, 0.717) is 19.4 Å². The average Bonchev–Trinajstić information content (AvgIpc) is 1.96. The second kappa shape index (κ2) is 7.86. The fraction of sp³-hybridized carbons (Fsp3) is 0.800. The zero-order valence-corrected chi connectivity index (χ0v) is 8.30. The van der Waals surface area contributed by atoms with Gasteiger partial charge in [0.05, 0.1) is 0 Å². The van der Waals surface area contributed by atoms with Crippen LogP contribution in [0.1, 0.15) is 12.8 Å². The molecule has 8 nitrogen and oxygen atoms in total. The third-order valence-electron chi connectivity index (χ3n) is 1.04. The molecule has 0 aromatic carbocycles. The van der Waals surface area contributed by atoms with Crippen LogP contribution in [0.5, 0.6) is 0 Å². The van der Waals surface area contributed by atoms with Crippen LogP contribution in [-0.4, -0.2) is 38.3 Å². The molecule has 0 aliphatic carbocycles. The maximum absolute atomic E-state index is 10.0. The summed E-state index contributed by atoms with van der Waals surface area (Å²) in [5, 5.41) is 8.24. The molecule has 14 heavy (non-hydrogen) atoms. The lowest BCUT2D eigenvalue weighted by Crippen LogP contribution is -2.30. The summed E-state index contributed by atoms with van der Waals surface area (Å²) in [5.41, 5.74) is 10.3. The highest BCUT2D eigenvalue weighted by atomic mass is 31.2. The summed E-state index contributed by atoms with van der Waals surface area (Å²) >= 11 is 0. The van der Waals surface area contributed by atoms with Gasteiger partial charge < -0.3 is 31.3 Å². The Bertz CT molecular complexity index is 196. The zero-order valence-electron chi connectivity index (χ0n) is 7.41. The number of hydrogen-bond acceptors (Lipinski definition) is 4. The molecule has 0 spiro atoms. The van der Waals surface area contributed by atoms with Gasteiger partial charge in [-0.2, -0.15) is 0 Å². The highest BCUT2D eigenvalue weighted by Crippen LogP contribution is 2.25. The smallest absolute Gasteiger partial charge is 0.466 e. The number of hydrogen-bond donors (Lipinski definition) is 6. The Kier molecular flexibility index (Phi) is 8.96. The van der Waals surface area contributed by atoms with E-state index in [-0.39, 0.29) is 0 Å². The van der Waals surface area contributed by atoms with Crippen LogP contribution in [-0.2, 0) is 9.36 Å². The third kappa shape index (κ3) is 22.5. The highest BCUT2D eigenvalue weighted by molar-refractivity contribution is 7.45. The maximum Gasteiger partial charge on any atom is 0.466 e. The SMILES string of the molecule is NCCCC(N)C(=O)O.O=P(O)(O)O. The van der Waals surface area contributed by atoms with Crippen LogP contribution in [0, 0.1) is 0 Å². The molecule has 0 rings (SSSR count). The summed E-state index contributed by atoms with van der Waals surface area (Å²) in [6, 6.07) is -0.742. The van der Waals surface area contributed by atoms with Gasteiger partial charge in [0.1, 0.15) is 6.04 Å². The molecular weight excluding hydrogens is 215 g/mol. The maximum atomic E-state index is 10.0. The molecule has 0 heterocycles. The second-order valence-corrected chi connectivity index (χ2v) is 3.42. The Morgan fingerprint density at radius 2 is 1.71 bits per heavy atom. The Morgan fingerprint density at radius 1 is 1.36 bits per heavy atom. The minimum Gasteiger partial charge on any atom is -0.480 e. The van der Waals surface area contributed by atoms with E-state index in [1.807, 2.05) is 0 Å². The summed E-state index contributed by atoms with van der Waals surface area (Å²) in [6.07, 6.45) is 1.14. The fourth-order valence-electron chi connectivity index (χ4n) is 0.461. The van der Waals surface area contributed by atoms with Crippen molar-refractivity contribution in [2.24, 2.45) is 11.5 Å². The van der Waals surface area contributed by atoms with E-state index in [0.717, 1.165) is 0 Å². The number of aliphatic carboxylic acids is 1. The molecule has 0 aliphatic rings. The van der Waals surface area contributed by atoms with Gasteiger partial charge in [0.15, 0.2) is 0 Å². The lowest BCUT2D eigenvalue weighted by Gasteiger charge is -2.02. The molecule has 8 N–H and O–H groups in total. The summed E-state index contributed by atoms with van der Waals surface area (Å²) in [4.78, 5) is 31.6. The average molecular weight is 230 g/mol. The van der Waals surface area contributed by atoms with Gasteiger partial charge >= 0.3 is 13.8 Å². The Morgan fingerprint density at radius 3 is 1.93 bits per heavy atom. The molecule has 0 saturated carbocycles. The van der Waals surface area contributed by atoms with Gasteiger partial charge in [-0.3, -0.25) is 4.79 Å². The number of phosphoric acid groups is 1. The molecule has 0 amide bonds. The molecule has 1 atom stereocenters.